The molecule has 0 aliphatic rings. The molecule has 0 saturated heterocycles. The third-order valence-electron chi connectivity index (χ3n) is 3.17. The Morgan fingerprint density at radius 3 is 2.57 bits per heavy atom. The van der Waals surface area contributed by atoms with Gasteiger partial charge >= 0.3 is 0 Å². The Morgan fingerprint density at radius 2 is 1.90 bits per heavy atom. The summed E-state index contributed by atoms with van der Waals surface area (Å²) < 4.78 is 0. The summed E-state index contributed by atoms with van der Waals surface area (Å²) in [6.45, 7) is 4.29. The lowest BCUT2D eigenvalue weighted by Crippen LogP contribution is -1.89. The van der Waals surface area contributed by atoms with Crippen molar-refractivity contribution in [2.75, 3.05) is 5.75 Å². The first-order valence-electron chi connectivity index (χ1n) is 6.90. The third kappa shape index (κ3) is 3.07. The predicted octanol–water partition coefficient (Wildman–Crippen LogP) is 5.69. The molecule has 21 heavy (non-hydrogen) atoms. The van der Waals surface area contributed by atoms with Crippen LogP contribution in [0.2, 0.25) is 5.15 Å². The minimum Gasteiger partial charge on any atom is -0.217 e. The highest BCUT2D eigenvalue weighted by Gasteiger charge is 2.11. The minimum atomic E-state index is 0.540. The molecular formula is C16H15ClN2S2. The molecule has 0 bridgehead atoms. The van der Waals surface area contributed by atoms with Crippen LogP contribution in [0.3, 0.4) is 0 Å². The lowest BCUT2D eigenvalue weighted by atomic mass is 10.2. The zero-order valence-corrected chi connectivity index (χ0v) is 14.3. The molecule has 2 heterocycles. The first-order valence-corrected chi connectivity index (χ1v) is 9.08. The number of fused-ring (bicyclic) bond motifs is 1. The molecule has 3 aromatic rings. The molecule has 0 aliphatic heterocycles. The summed E-state index contributed by atoms with van der Waals surface area (Å²) in [5, 5.41) is 1.50. The van der Waals surface area contributed by atoms with Crippen molar-refractivity contribution in [3.63, 3.8) is 0 Å². The fourth-order valence-electron chi connectivity index (χ4n) is 2.11. The highest BCUT2D eigenvalue weighted by Crippen LogP contribution is 2.31. The summed E-state index contributed by atoms with van der Waals surface area (Å²) in [5.74, 6) is 1.77. The van der Waals surface area contributed by atoms with Gasteiger partial charge in [0.2, 0.25) is 0 Å². The molecule has 3 rings (SSSR count). The Labute approximate surface area is 137 Å². The second kappa shape index (κ2) is 6.34. The van der Waals surface area contributed by atoms with Gasteiger partial charge in [-0.2, -0.15) is 0 Å². The van der Waals surface area contributed by atoms with Crippen molar-refractivity contribution in [3.05, 3.63) is 40.4 Å². The topological polar surface area (TPSA) is 25.8 Å². The maximum absolute atomic E-state index is 6.31. The first kappa shape index (κ1) is 14.8. The quantitative estimate of drug-likeness (QED) is 0.453. The summed E-state index contributed by atoms with van der Waals surface area (Å²) >= 11 is 9.83. The zero-order valence-electron chi connectivity index (χ0n) is 11.9. The van der Waals surface area contributed by atoms with Crippen LogP contribution in [-0.4, -0.2) is 15.7 Å². The van der Waals surface area contributed by atoms with Gasteiger partial charge in [-0.3, -0.25) is 0 Å². The average Bonchev–Trinajstić information content (AvgIpc) is 2.92. The molecule has 0 unspecified atom stereocenters. The van der Waals surface area contributed by atoms with Crippen molar-refractivity contribution in [2.45, 2.75) is 25.2 Å². The Morgan fingerprint density at radius 1 is 1.14 bits per heavy atom. The molecule has 0 fully saturated rings. The Kier molecular flexibility index (Phi) is 4.48. The van der Waals surface area contributed by atoms with Crippen LogP contribution in [0, 0.1) is 0 Å². The van der Waals surface area contributed by atoms with Crippen LogP contribution < -0.4 is 0 Å². The molecule has 0 radical (unpaired) electrons. The van der Waals surface area contributed by atoms with Gasteiger partial charge in [-0.15, -0.1) is 23.1 Å². The van der Waals surface area contributed by atoms with Crippen LogP contribution in [0.5, 0.6) is 0 Å². The molecule has 1 aromatic carbocycles. The average molecular weight is 335 g/mol. The number of rotatable bonds is 4. The number of thioether (sulfide) groups is 1. The van der Waals surface area contributed by atoms with Crippen LogP contribution in [0.4, 0.5) is 0 Å². The second-order valence-electron chi connectivity index (χ2n) is 4.58. The Bertz CT molecular complexity index is 766. The Hall–Kier alpha value is -1.10. The van der Waals surface area contributed by atoms with E-state index in [2.05, 4.69) is 54.1 Å². The third-order valence-corrected chi connectivity index (χ3v) is 5.52. The van der Waals surface area contributed by atoms with Gasteiger partial charge in [0, 0.05) is 20.7 Å². The van der Waals surface area contributed by atoms with Gasteiger partial charge in [-0.1, -0.05) is 37.6 Å². The molecule has 0 N–H and O–H groups in total. The van der Waals surface area contributed by atoms with Crippen molar-refractivity contribution in [3.8, 4) is 11.4 Å². The van der Waals surface area contributed by atoms with E-state index in [0.717, 1.165) is 28.0 Å². The van der Waals surface area contributed by atoms with Crippen molar-refractivity contribution in [1.29, 1.82) is 0 Å². The number of hydrogen-bond donors (Lipinski definition) is 0. The van der Waals surface area contributed by atoms with E-state index in [1.54, 1.807) is 11.3 Å². The number of aryl methyl sites for hydroxylation is 1. The van der Waals surface area contributed by atoms with Crippen LogP contribution in [0.1, 0.15) is 18.7 Å². The summed E-state index contributed by atoms with van der Waals surface area (Å²) in [4.78, 5) is 12.6. The summed E-state index contributed by atoms with van der Waals surface area (Å²) in [6.07, 6.45) is 0.996. The van der Waals surface area contributed by atoms with E-state index >= 15 is 0 Å². The molecule has 2 aromatic heterocycles. The molecule has 5 heteroatoms. The van der Waals surface area contributed by atoms with Crippen molar-refractivity contribution in [2.24, 2.45) is 0 Å². The van der Waals surface area contributed by atoms with Gasteiger partial charge in [0.1, 0.15) is 9.98 Å². The van der Waals surface area contributed by atoms with Crippen LogP contribution in [0.25, 0.3) is 21.6 Å². The van der Waals surface area contributed by atoms with E-state index in [-0.39, 0.29) is 0 Å². The highest BCUT2D eigenvalue weighted by atomic mass is 35.5. The lowest BCUT2D eigenvalue weighted by molar-refractivity contribution is 1.19. The zero-order chi connectivity index (χ0) is 14.8. The van der Waals surface area contributed by atoms with E-state index in [4.69, 9.17) is 11.6 Å². The van der Waals surface area contributed by atoms with Crippen molar-refractivity contribution >= 4 is 44.9 Å². The highest BCUT2D eigenvalue weighted by molar-refractivity contribution is 7.99. The van der Waals surface area contributed by atoms with Crippen molar-refractivity contribution in [1.82, 2.24) is 9.97 Å². The largest absolute Gasteiger partial charge is 0.217 e. The molecule has 2 nitrogen and oxygen atoms in total. The van der Waals surface area contributed by atoms with Gasteiger partial charge in [0.25, 0.3) is 0 Å². The van der Waals surface area contributed by atoms with Gasteiger partial charge in [0.05, 0.1) is 0 Å². The maximum atomic E-state index is 6.31. The number of hydrogen-bond acceptors (Lipinski definition) is 4. The fourth-order valence-corrected chi connectivity index (χ4v) is 4.02. The van der Waals surface area contributed by atoms with E-state index in [9.17, 15) is 0 Å². The molecule has 0 aliphatic carbocycles. The van der Waals surface area contributed by atoms with Gasteiger partial charge in [-0.05, 0) is 30.4 Å². The molecule has 108 valence electrons. The normalized spacial score (nSPS) is 11.2. The van der Waals surface area contributed by atoms with Crippen LogP contribution >= 0.6 is 34.7 Å². The van der Waals surface area contributed by atoms with E-state index in [1.807, 2.05) is 11.8 Å². The number of aromatic nitrogens is 2. The maximum Gasteiger partial charge on any atom is 0.162 e. The smallest absolute Gasteiger partial charge is 0.162 e. The number of nitrogens with zero attached hydrogens (tertiary/aromatic N) is 2. The summed E-state index contributed by atoms with van der Waals surface area (Å²) in [7, 11) is 0. The standard InChI is InChI=1S/C16H15ClN2S2/c1-3-11-9-13-14(17)18-15(19-16(13)21-11)10-5-7-12(8-6-10)20-4-2/h5-9H,3-4H2,1-2H3. The minimum absolute atomic E-state index is 0.540. The predicted molar refractivity (Wildman–Crippen MR) is 93.6 cm³/mol. The summed E-state index contributed by atoms with van der Waals surface area (Å²) in [5.41, 5.74) is 1.01. The second-order valence-corrected chi connectivity index (χ2v) is 7.39. The van der Waals surface area contributed by atoms with Gasteiger partial charge in [0.15, 0.2) is 5.82 Å². The fraction of sp³-hybridized carbons (Fsp3) is 0.250. The van der Waals surface area contributed by atoms with Crippen LogP contribution in [-0.2, 0) is 6.42 Å². The molecule has 0 saturated carbocycles. The van der Waals surface area contributed by atoms with E-state index < -0.39 is 0 Å². The number of halogens is 1. The Balaban J connectivity index is 2.03. The van der Waals surface area contributed by atoms with Gasteiger partial charge < -0.3 is 0 Å². The molecule has 0 atom stereocenters. The first-order chi connectivity index (χ1) is 10.2. The van der Waals surface area contributed by atoms with E-state index in [1.165, 1.54) is 9.77 Å². The lowest BCUT2D eigenvalue weighted by Gasteiger charge is -2.03. The van der Waals surface area contributed by atoms with Gasteiger partial charge in [-0.25, -0.2) is 9.97 Å². The monoisotopic (exact) mass is 334 g/mol. The number of benzene rings is 1. The van der Waals surface area contributed by atoms with E-state index in [0.29, 0.717) is 11.0 Å². The van der Waals surface area contributed by atoms with Crippen molar-refractivity contribution < 1.29 is 0 Å². The molecular weight excluding hydrogens is 320 g/mol. The number of thiophene rings is 1. The molecule has 0 spiro atoms. The van der Waals surface area contributed by atoms with Crippen LogP contribution in [0.15, 0.2) is 35.2 Å². The molecule has 0 amide bonds. The summed E-state index contributed by atoms with van der Waals surface area (Å²) in [6, 6.07) is 10.4. The SMILES string of the molecule is CCSc1ccc(-c2nc(Cl)c3cc(CC)sc3n2)cc1.